The summed E-state index contributed by atoms with van der Waals surface area (Å²) in [5.41, 5.74) is 2.26. The summed E-state index contributed by atoms with van der Waals surface area (Å²) in [6.45, 7) is 9.37. The summed E-state index contributed by atoms with van der Waals surface area (Å²) in [6.07, 6.45) is 0.354. The number of fused-ring (bicyclic) bond motifs is 1. The minimum atomic E-state index is -0.696. The van der Waals surface area contributed by atoms with Gasteiger partial charge in [0, 0.05) is 18.0 Å². The molecule has 10 heteroatoms. The number of alkyl carbamates (subject to hydrolysis) is 1. The number of benzene rings is 1. The zero-order chi connectivity index (χ0) is 21.2. The summed E-state index contributed by atoms with van der Waals surface area (Å²) in [5.74, 6) is 0.390. The van der Waals surface area contributed by atoms with Gasteiger partial charge in [-0.25, -0.2) is 9.78 Å². The van der Waals surface area contributed by atoms with Crippen molar-refractivity contribution in [1.29, 1.82) is 0 Å². The van der Waals surface area contributed by atoms with Crippen LogP contribution in [0.25, 0.3) is 10.2 Å². The van der Waals surface area contributed by atoms with Crippen molar-refractivity contribution < 1.29 is 19.2 Å². The van der Waals surface area contributed by atoms with Crippen molar-refractivity contribution in [2.75, 3.05) is 24.2 Å². The lowest BCUT2D eigenvalue weighted by molar-refractivity contribution is -0.126. The molecule has 0 radical (unpaired) electrons. The van der Waals surface area contributed by atoms with Gasteiger partial charge in [-0.05, 0) is 39.0 Å². The van der Waals surface area contributed by atoms with Crippen LogP contribution >= 0.6 is 23.1 Å². The van der Waals surface area contributed by atoms with Crippen LogP contribution in [-0.4, -0.2) is 47.7 Å². The highest BCUT2D eigenvalue weighted by atomic mass is 32.2. The van der Waals surface area contributed by atoms with Gasteiger partial charge in [-0.1, -0.05) is 29.6 Å². The first-order valence-electron chi connectivity index (χ1n) is 8.92. The Morgan fingerprint density at radius 3 is 2.93 bits per heavy atom. The molecule has 1 aromatic heterocycles. The molecule has 0 saturated heterocycles. The van der Waals surface area contributed by atoms with Gasteiger partial charge in [0.15, 0.2) is 4.34 Å². The van der Waals surface area contributed by atoms with Crippen molar-refractivity contribution in [3.8, 4) is 0 Å². The lowest BCUT2D eigenvalue weighted by atomic mass is 10.3. The number of nitrogens with zero attached hydrogens (tertiary/aromatic N) is 2. The Kier molecular flexibility index (Phi) is 8.94. The van der Waals surface area contributed by atoms with Crippen molar-refractivity contribution in [1.82, 2.24) is 10.3 Å². The number of aromatic nitrogens is 1. The van der Waals surface area contributed by atoms with E-state index >= 15 is 0 Å². The first-order valence-corrected chi connectivity index (χ1v) is 10.7. The molecule has 0 spiro atoms. The van der Waals surface area contributed by atoms with Crippen LogP contribution in [0.2, 0.25) is 0 Å². The van der Waals surface area contributed by atoms with Crippen LogP contribution in [0.4, 0.5) is 10.5 Å². The molecule has 1 unspecified atom stereocenters. The van der Waals surface area contributed by atoms with E-state index in [4.69, 9.17) is 9.57 Å². The molecular formula is C19H24N4O4S2. The van der Waals surface area contributed by atoms with Gasteiger partial charge in [0.2, 0.25) is 6.10 Å². The van der Waals surface area contributed by atoms with Crippen LogP contribution in [0.3, 0.4) is 0 Å². The number of nitrogens with one attached hydrogen (secondary N) is 2. The number of thioether (sulfide) groups is 1. The highest BCUT2D eigenvalue weighted by Gasteiger charge is 2.15. The van der Waals surface area contributed by atoms with Gasteiger partial charge < -0.3 is 20.2 Å². The molecule has 1 heterocycles. The Balaban J connectivity index is 1.87. The van der Waals surface area contributed by atoms with E-state index in [0.29, 0.717) is 18.0 Å². The first kappa shape index (κ1) is 22.7. The van der Waals surface area contributed by atoms with Gasteiger partial charge in [-0.3, -0.25) is 4.79 Å². The zero-order valence-corrected chi connectivity index (χ0v) is 18.2. The first-order chi connectivity index (χ1) is 13.9. The van der Waals surface area contributed by atoms with Crippen LogP contribution in [0.5, 0.6) is 0 Å². The molecule has 2 amide bonds. The van der Waals surface area contributed by atoms with Crippen LogP contribution in [0.1, 0.15) is 20.8 Å². The van der Waals surface area contributed by atoms with Gasteiger partial charge in [0.05, 0.1) is 15.9 Å². The molecule has 1 atom stereocenters. The van der Waals surface area contributed by atoms with Crippen LogP contribution in [0.15, 0.2) is 40.3 Å². The van der Waals surface area contributed by atoms with E-state index in [1.165, 1.54) is 17.4 Å². The Hall–Kier alpha value is -2.59. The molecule has 0 aliphatic carbocycles. The summed E-state index contributed by atoms with van der Waals surface area (Å²) in [5, 5.41) is 9.29. The summed E-state index contributed by atoms with van der Waals surface area (Å²) in [6, 6.07) is 5.53. The second kappa shape index (κ2) is 11.4. The maximum absolute atomic E-state index is 12.2. The third-order valence-electron chi connectivity index (χ3n) is 3.33. The minimum absolute atomic E-state index is 0.187. The van der Waals surface area contributed by atoms with E-state index in [1.54, 1.807) is 38.6 Å². The third-order valence-corrected chi connectivity index (χ3v) is 5.49. The van der Waals surface area contributed by atoms with Gasteiger partial charge in [0.1, 0.15) is 6.61 Å². The number of hydrogen-bond acceptors (Lipinski definition) is 8. The van der Waals surface area contributed by atoms with Crippen molar-refractivity contribution in [2.24, 2.45) is 5.16 Å². The van der Waals surface area contributed by atoms with E-state index < -0.39 is 12.2 Å². The van der Waals surface area contributed by atoms with Gasteiger partial charge >= 0.3 is 6.09 Å². The predicted octanol–water partition coefficient (Wildman–Crippen LogP) is 4.04. The topological polar surface area (TPSA) is 102 Å². The lowest BCUT2D eigenvalue weighted by Crippen LogP contribution is -2.26. The molecule has 156 valence electrons. The summed E-state index contributed by atoms with van der Waals surface area (Å²) >= 11 is 3.06. The number of carbonyl (C=O) groups is 2. The molecule has 2 N–H and O–H groups in total. The van der Waals surface area contributed by atoms with Crippen molar-refractivity contribution in [3.63, 3.8) is 0 Å². The fourth-order valence-corrected chi connectivity index (χ4v) is 4.03. The molecule has 8 nitrogen and oxygen atoms in total. The van der Waals surface area contributed by atoms with E-state index in [2.05, 4.69) is 27.4 Å². The average molecular weight is 437 g/mol. The summed E-state index contributed by atoms with van der Waals surface area (Å²) in [4.78, 5) is 33.2. The van der Waals surface area contributed by atoms with E-state index in [9.17, 15) is 9.59 Å². The number of amides is 2. The van der Waals surface area contributed by atoms with Crippen molar-refractivity contribution >= 4 is 56.7 Å². The molecule has 2 aromatic rings. The fraction of sp³-hybridized carbons (Fsp3) is 0.368. The highest BCUT2D eigenvalue weighted by Crippen LogP contribution is 2.31. The smallest absolute Gasteiger partial charge is 0.407 e. The number of oxime groups is 1. The quantitative estimate of drug-likeness (QED) is 0.192. The van der Waals surface area contributed by atoms with Crippen molar-refractivity contribution in [3.05, 3.63) is 30.9 Å². The third kappa shape index (κ3) is 7.74. The maximum Gasteiger partial charge on any atom is 0.407 e. The second-order valence-electron chi connectivity index (χ2n) is 6.10. The standard InChI is InChI=1S/C19H24N4O4S2/c1-5-9-26-18(25)20-8-10-28-19-22-15-7-6-14(11-16(15)29-19)21-17(24)13(4)27-23-12(2)3/h5-7,11,13H,1,8-10H2,2-4H3,(H,20,25)(H,21,24). The fourth-order valence-electron chi connectivity index (χ4n) is 2.00. The van der Waals surface area contributed by atoms with Crippen LogP contribution < -0.4 is 10.6 Å². The number of carbonyl (C=O) groups excluding carboxylic acids is 2. The summed E-state index contributed by atoms with van der Waals surface area (Å²) in [7, 11) is 0. The molecule has 0 aliphatic heterocycles. The Bertz CT molecular complexity index is 893. The Morgan fingerprint density at radius 1 is 1.41 bits per heavy atom. The van der Waals surface area contributed by atoms with Crippen molar-refractivity contribution in [2.45, 2.75) is 31.2 Å². The molecule has 0 fully saturated rings. The molecule has 0 aliphatic rings. The zero-order valence-electron chi connectivity index (χ0n) is 16.6. The highest BCUT2D eigenvalue weighted by molar-refractivity contribution is 8.01. The Morgan fingerprint density at radius 2 is 2.21 bits per heavy atom. The number of thiazole rings is 1. The number of hydrogen-bond donors (Lipinski definition) is 2. The normalized spacial score (nSPS) is 11.4. The van der Waals surface area contributed by atoms with E-state index in [-0.39, 0.29) is 12.5 Å². The lowest BCUT2D eigenvalue weighted by Gasteiger charge is -2.10. The number of anilines is 1. The SMILES string of the molecule is C=CCOC(=O)NCCSc1nc2ccc(NC(=O)C(C)ON=C(C)C)cc2s1. The monoisotopic (exact) mass is 436 g/mol. The van der Waals surface area contributed by atoms with Crippen LogP contribution in [0, 0.1) is 0 Å². The van der Waals surface area contributed by atoms with Gasteiger partial charge in [0.25, 0.3) is 5.91 Å². The maximum atomic E-state index is 12.2. The number of rotatable bonds is 10. The second-order valence-corrected chi connectivity index (χ2v) is 8.47. The molecular weight excluding hydrogens is 412 g/mol. The van der Waals surface area contributed by atoms with Gasteiger partial charge in [-0.15, -0.1) is 11.3 Å². The molecule has 29 heavy (non-hydrogen) atoms. The minimum Gasteiger partial charge on any atom is -0.445 e. The molecule has 0 bridgehead atoms. The largest absolute Gasteiger partial charge is 0.445 e. The van der Waals surface area contributed by atoms with Gasteiger partial charge in [-0.2, -0.15) is 0 Å². The molecule has 2 rings (SSSR count). The molecule has 0 saturated carbocycles. The molecule has 1 aromatic carbocycles. The van der Waals surface area contributed by atoms with E-state index in [1.807, 2.05) is 12.1 Å². The van der Waals surface area contributed by atoms with Crippen LogP contribution in [-0.2, 0) is 14.4 Å². The van der Waals surface area contributed by atoms with E-state index in [0.717, 1.165) is 20.3 Å². The average Bonchev–Trinajstić information content (AvgIpc) is 3.09. The summed E-state index contributed by atoms with van der Waals surface area (Å²) < 4.78 is 6.68. The predicted molar refractivity (Wildman–Crippen MR) is 118 cm³/mol. The number of ether oxygens (including phenoxy) is 1. The Labute approximate surface area is 177 Å².